The second-order valence-electron chi connectivity index (χ2n) is 3.86. The number of rotatable bonds is 2. The summed E-state index contributed by atoms with van der Waals surface area (Å²) in [7, 11) is 0. The summed E-state index contributed by atoms with van der Waals surface area (Å²) in [6.45, 7) is 3.89. The van der Waals surface area contributed by atoms with Gasteiger partial charge in [-0.3, -0.25) is 0 Å². The Kier molecular flexibility index (Phi) is 2.99. The lowest BCUT2D eigenvalue weighted by Crippen LogP contribution is -2.17. The molecule has 1 aromatic heterocycles. The Bertz CT molecular complexity index is 533. The van der Waals surface area contributed by atoms with Gasteiger partial charge in [0, 0.05) is 5.92 Å². The van der Waals surface area contributed by atoms with Crippen molar-refractivity contribution in [3.05, 3.63) is 23.2 Å². The summed E-state index contributed by atoms with van der Waals surface area (Å²) in [5.74, 6) is -0.0516. The average molecular weight is 261 g/mol. The molecule has 0 bridgehead atoms. The van der Waals surface area contributed by atoms with Gasteiger partial charge in [-0.05, 0) is 12.1 Å². The summed E-state index contributed by atoms with van der Waals surface area (Å²) < 4.78 is 41.2. The highest BCUT2D eigenvalue weighted by atomic mass is 32.1. The summed E-state index contributed by atoms with van der Waals surface area (Å²) in [6.07, 6.45) is -4.68. The first-order valence-corrected chi connectivity index (χ1v) is 5.83. The van der Waals surface area contributed by atoms with Crippen LogP contribution >= 0.6 is 11.3 Å². The van der Waals surface area contributed by atoms with Crippen LogP contribution in [0.2, 0.25) is 0 Å². The maximum absolute atomic E-state index is 12.2. The van der Waals surface area contributed by atoms with Crippen molar-refractivity contribution >= 4 is 21.6 Å². The molecule has 17 heavy (non-hydrogen) atoms. The molecule has 0 amide bonds. The zero-order valence-electron chi connectivity index (χ0n) is 9.21. The van der Waals surface area contributed by atoms with Gasteiger partial charge in [0.1, 0.15) is 5.52 Å². The normalized spacial score (nSPS) is 12.4. The van der Waals surface area contributed by atoms with Crippen molar-refractivity contribution in [1.82, 2.24) is 4.98 Å². The van der Waals surface area contributed by atoms with Crippen LogP contribution in [0, 0.1) is 0 Å². The zero-order valence-corrected chi connectivity index (χ0v) is 10.0. The quantitative estimate of drug-likeness (QED) is 0.803. The topological polar surface area (TPSA) is 22.1 Å². The Hall–Kier alpha value is -1.30. The molecular formula is C11H10F3NOS. The fraction of sp³-hybridized carbons (Fsp3) is 0.364. The number of hydrogen-bond donors (Lipinski definition) is 0. The maximum atomic E-state index is 12.2. The lowest BCUT2D eigenvalue weighted by atomic mass is 10.2. The minimum Gasteiger partial charge on any atom is -0.403 e. The smallest absolute Gasteiger partial charge is 0.403 e. The highest BCUT2D eigenvalue weighted by molar-refractivity contribution is 7.18. The Morgan fingerprint density at radius 3 is 2.59 bits per heavy atom. The van der Waals surface area contributed by atoms with E-state index in [0.717, 1.165) is 5.01 Å². The summed E-state index contributed by atoms with van der Waals surface area (Å²) in [4.78, 5) is 4.19. The van der Waals surface area contributed by atoms with Gasteiger partial charge in [-0.15, -0.1) is 24.5 Å². The van der Waals surface area contributed by atoms with E-state index >= 15 is 0 Å². The van der Waals surface area contributed by atoms with Crippen molar-refractivity contribution in [2.75, 3.05) is 0 Å². The van der Waals surface area contributed by atoms with Gasteiger partial charge in [0.15, 0.2) is 5.75 Å². The average Bonchev–Trinajstić information content (AvgIpc) is 2.60. The number of alkyl halides is 3. The molecule has 0 aliphatic heterocycles. The molecule has 0 fully saturated rings. The third kappa shape index (κ3) is 2.69. The first kappa shape index (κ1) is 12.2. The lowest BCUT2D eigenvalue weighted by Gasteiger charge is -2.08. The molecule has 0 aliphatic rings. The fourth-order valence-corrected chi connectivity index (χ4v) is 2.38. The monoisotopic (exact) mass is 261 g/mol. The zero-order chi connectivity index (χ0) is 12.6. The Morgan fingerprint density at radius 1 is 1.29 bits per heavy atom. The van der Waals surface area contributed by atoms with Gasteiger partial charge >= 0.3 is 6.36 Å². The van der Waals surface area contributed by atoms with Crippen LogP contribution in [-0.2, 0) is 0 Å². The summed E-state index contributed by atoms with van der Waals surface area (Å²) in [6, 6.07) is 4.55. The van der Waals surface area contributed by atoms with Gasteiger partial charge in [-0.2, -0.15) is 0 Å². The van der Waals surface area contributed by atoms with Gasteiger partial charge in [-0.1, -0.05) is 19.9 Å². The SMILES string of the molecule is CC(C)c1nc2c(OC(F)(F)F)cccc2s1. The molecule has 2 rings (SSSR count). The summed E-state index contributed by atoms with van der Waals surface area (Å²) >= 11 is 1.39. The van der Waals surface area contributed by atoms with E-state index in [9.17, 15) is 13.2 Å². The highest BCUT2D eigenvalue weighted by Crippen LogP contribution is 2.35. The molecule has 2 nitrogen and oxygen atoms in total. The van der Waals surface area contributed by atoms with E-state index in [0.29, 0.717) is 4.70 Å². The number of fused-ring (bicyclic) bond motifs is 1. The second-order valence-corrected chi connectivity index (χ2v) is 4.92. The lowest BCUT2D eigenvalue weighted by molar-refractivity contribution is -0.274. The number of hydrogen-bond acceptors (Lipinski definition) is 3. The highest BCUT2D eigenvalue weighted by Gasteiger charge is 2.32. The van der Waals surface area contributed by atoms with E-state index in [1.807, 2.05) is 13.8 Å². The predicted octanol–water partition coefficient (Wildman–Crippen LogP) is 4.32. The minimum atomic E-state index is -4.68. The molecule has 0 aliphatic carbocycles. The van der Waals surface area contributed by atoms with E-state index in [-0.39, 0.29) is 17.2 Å². The first-order valence-electron chi connectivity index (χ1n) is 5.02. The van der Waals surface area contributed by atoms with Gasteiger partial charge in [0.2, 0.25) is 0 Å². The van der Waals surface area contributed by atoms with Crippen LogP contribution in [0.4, 0.5) is 13.2 Å². The molecule has 92 valence electrons. The van der Waals surface area contributed by atoms with E-state index in [1.54, 1.807) is 6.07 Å². The molecule has 0 atom stereocenters. The number of thiazole rings is 1. The first-order chi connectivity index (χ1) is 7.87. The molecule has 6 heteroatoms. The van der Waals surface area contributed by atoms with Crippen LogP contribution in [0.5, 0.6) is 5.75 Å². The number of ether oxygens (including phenoxy) is 1. The predicted molar refractivity (Wildman–Crippen MR) is 60.4 cm³/mol. The third-order valence-electron chi connectivity index (χ3n) is 2.12. The van der Waals surface area contributed by atoms with Crippen molar-refractivity contribution in [1.29, 1.82) is 0 Å². The third-order valence-corrected chi connectivity index (χ3v) is 3.44. The van der Waals surface area contributed by atoms with Crippen molar-refractivity contribution in [2.24, 2.45) is 0 Å². The molecule has 0 radical (unpaired) electrons. The van der Waals surface area contributed by atoms with Crippen LogP contribution in [-0.4, -0.2) is 11.3 Å². The van der Waals surface area contributed by atoms with Crippen LogP contribution in [0.1, 0.15) is 24.8 Å². The van der Waals surface area contributed by atoms with Crippen molar-refractivity contribution in [2.45, 2.75) is 26.1 Å². The molecule has 1 heterocycles. The molecule has 2 aromatic rings. The van der Waals surface area contributed by atoms with Crippen LogP contribution in [0.25, 0.3) is 10.2 Å². The van der Waals surface area contributed by atoms with Crippen molar-refractivity contribution < 1.29 is 17.9 Å². The number of halogens is 3. The van der Waals surface area contributed by atoms with Gasteiger partial charge < -0.3 is 4.74 Å². The Balaban J connectivity index is 2.49. The van der Waals surface area contributed by atoms with E-state index in [2.05, 4.69) is 9.72 Å². The molecule has 1 aromatic carbocycles. The number of nitrogens with zero attached hydrogens (tertiary/aromatic N) is 1. The minimum absolute atomic E-state index is 0.186. The van der Waals surface area contributed by atoms with E-state index in [1.165, 1.54) is 23.5 Å². The molecule has 0 saturated heterocycles. The molecule has 0 saturated carbocycles. The van der Waals surface area contributed by atoms with Gasteiger partial charge in [0.25, 0.3) is 0 Å². The van der Waals surface area contributed by atoms with Crippen molar-refractivity contribution in [3.63, 3.8) is 0 Å². The standard InChI is InChI=1S/C11H10F3NOS/c1-6(2)10-15-9-7(16-11(12,13)14)4-3-5-8(9)17-10/h3-6H,1-2H3. The molecule has 0 spiro atoms. The van der Waals surface area contributed by atoms with Crippen LogP contribution in [0.3, 0.4) is 0 Å². The van der Waals surface area contributed by atoms with Gasteiger partial charge in [0.05, 0.1) is 9.71 Å². The molecule has 0 N–H and O–H groups in total. The summed E-state index contributed by atoms with van der Waals surface area (Å²) in [5, 5.41) is 0.804. The molecular weight excluding hydrogens is 251 g/mol. The Labute approximate surface area is 100 Å². The second kappa shape index (κ2) is 4.18. The van der Waals surface area contributed by atoms with Crippen LogP contribution < -0.4 is 4.74 Å². The maximum Gasteiger partial charge on any atom is 0.573 e. The number of aromatic nitrogens is 1. The number of para-hydroxylation sites is 1. The van der Waals surface area contributed by atoms with E-state index in [4.69, 9.17) is 0 Å². The number of benzene rings is 1. The Morgan fingerprint density at radius 2 is 2.00 bits per heavy atom. The van der Waals surface area contributed by atoms with Crippen LogP contribution in [0.15, 0.2) is 18.2 Å². The largest absolute Gasteiger partial charge is 0.573 e. The summed E-state index contributed by atoms with van der Waals surface area (Å²) in [5.41, 5.74) is 0.276. The fourth-order valence-electron chi connectivity index (χ4n) is 1.39. The van der Waals surface area contributed by atoms with Crippen molar-refractivity contribution in [3.8, 4) is 5.75 Å². The van der Waals surface area contributed by atoms with Gasteiger partial charge in [-0.25, -0.2) is 4.98 Å². The molecule has 0 unspecified atom stereocenters. The van der Waals surface area contributed by atoms with E-state index < -0.39 is 6.36 Å².